The van der Waals surface area contributed by atoms with Gasteiger partial charge in [0.25, 0.3) is 5.91 Å². The smallest absolute Gasteiger partial charge is 0.307 e. The second-order valence-corrected chi connectivity index (χ2v) is 3.85. The van der Waals surface area contributed by atoms with Crippen molar-refractivity contribution in [2.24, 2.45) is 0 Å². The zero-order valence-corrected chi connectivity index (χ0v) is 11.2. The predicted molar refractivity (Wildman–Crippen MR) is 68.6 cm³/mol. The summed E-state index contributed by atoms with van der Waals surface area (Å²) in [6.45, 7) is 1.12. The quantitative estimate of drug-likeness (QED) is 0.681. The van der Waals surface area contributed by atoms with E-state index in [1.165, 1.54) is 13.3 Å². The number of hydrogen-bond donors (Lipinski definition) is 0. The molecule has 0 bridgehead atoms. The molecule has 0 N–H and O–H groups in total. The van der Waals surface area contributed by atoms with Crippen molar-refractivity contribution in [3.63, 3.8) is 0 Å². The molecule has 1 rings (SSSR count). The number of esters is 1. The Morgan fingerprint density at radius 3 is 2.68 bits per heavy atom. The molecule has 6 nitrogen and oxygen atoms in total. The van der Waals surface area contributed by atoms with Crippen LogP contribution in [0.15, 0.2) is 24.5 Å². The minimum absolute atomic E-state index is 0.159. The average Bonchev–Trinajstić information content (AvgIpc) is 2.47. The Hall–Kier alpha value is -1.95. The number of carbonyl (C=O) groups is 2. The molecule has 19 heavy (non-hydrogen) atoms. The maximum atomic E-state index is 12.2. The van der Waals surface area contributed by atoms with Crippen LogP contribution in [-0.4, -0.2) is 55.7 Å². The van der Waals surface area contributed by atoms with Crippen molar-refractivity contribution >= 4 is 11.9 Å². The number of carbonyl (C=O) groups excluding carboxylic acids is 2. The first-order valence-corrected chi connectivity index (χ1v) is 5.94. The fourth-order valence-electron chi connectivity index (χ4n) is 1.52. The highest BCUT2D eigenvalue weighted by Gasteiger charge is 2.16. The van der Waals surface area contributed by atoms with Gasteiger partial charge in [0.15, 0.2) is 0 Å². The van der Waals surface area contributed by atoms with Gasteiger partial charge in [-0.25, -0.2) is 0 Å². The molecular weight excluding hydrogens is 248 g/mol. The Balaban J connectivity index is 2.67. The van der Waals surface area contributed by atoms with E-state index in [4.69, 9.17) is 4.74 Å². The fraction of sp³-hybridized carbons (Fsp3) is 0.462. The van der Waals surface area contributed by atoms with Gasteiger partial charge in [-0.15, -0.1) is 0 Å². The molecule has 0 unspecified atom stereocenters. The summed E-state index contributed by atoms with van der Waals surface area (Å²) in [4.78, 5) is 28.8. The summed E-state index contributed by atoms with van der Waals surface area (Å²) in [5.41, 5.74) is 0.489. The van der Waals surface area contributed by atoms with Gasteiger partial charge in [-0.05, 0) is 12.1 Å². The van der Waals surface area contributed by atoms with Gasteiger partial charge in [0.2, 0.25) is 0 Å². The van der Waals surface area contributed by atoms with E-state index in [-0.39, 0.29) is 18.3 Å². The molecule has 1 aromatic heterocycles. The van der Waals surface area contributed by atoms with Gasteiger partial charge in [0, 0.05) is 32.6 Å². The molecule has 104 valence electrons. The van der Waals surface area contributed by atoms with E-state index in [0.29, 0.717) is 25.3 Å². The van der Waals surface area contributed by atoms with Gasteiger partial charge < -0.3 is 14.4 Å². The number of amides is 1. The van der Waals surface area contributed by atoms with Crippen LogP contribution in [0.25, 0.3) is 0 Å². The second-order valence-electron chi connectivity index (χ2n) is 3.85. The highest BCUT2D eigenvalue weighted by Crippen LogP contribution is 2.04. The molecule has 0 aromatic carbocycles. The van der Waals surface area contributed by atoms with Crippen LogP contribution in [0.4, 0.5) is 0 Å². The van der Waals surface area contributed by atoms with Crippen molar-refractivity contribution in [1.82, 2.24) is 9.88 Å². The van der Waals surface area contributed by atoms with Crippen LogP contribution in [0.2, 0.25) is 0 Å². The third-order valence-electron chi connectivity index (χ3n) is 2.57. The minimum Gasteiger partial charge on any atom is -0.469 e. The monoisotopic (exact) mass is 266 g/mol. The van der Waals surface area contributed by atoms with Gasteiger partial charge in [-0.2, -0.15) is 0 Å². The largest absolute Gasteiger partial charge is 0.469 e. The van der Waals surface area contributed by atoms with Crippen LogP contribution in [0.3, 0.4) is 0 Å². The fourth-order valence-corrected chi connectivity index (χ4v) is 1.52. The second kappa shape index (κ2) is 8.20. The lowest BCUT2D eigenvalue weighted by molar-refractivity contribution is -0.140. The van der Waals surface area contributed by atoms with Gasteiger partial charge in [-0.3, -0.25) is 14.6 Å². The molecule has 0 saturated carbocycles. The lowest BCUT2D eigenvalue weighted by atomic mass is 10.2. The minimum atomic E-state index is -0.346. The zero-order chi connectivity index (χ0) is 14.1. The summed E-state index contributed by atoms with van der Waals surface area (Å²) in [7, 11) is 2.89. The number of rotatable bonds is 7. The highest BCUT2D eigenvalue weighted by molar-refractivity contribution is 5.94. The number of pyridine rings is 1. The van der Waals surface area contributed by atoms with E-state index in [0.717, 1.165) is 0 Å². The number of aromatic nitrogens is 1. The SMILES string of the molecule is COCCN(CCC(=O)OC)C(=O)c1cccnc1. The molecule has 0 aliphatic heterocycles. The van der Waals surface area contributed by atoms with Crippen molar-refractivity contribution in [2.45, 2.75) is 6.42 Å². The van der Waals surface area contributed by atoms with E-state index in [9.17, 15) is 9.59 Å². The normalized spacial score (nSPS) is 10.0. The molecule has 1 amide bonds. The maximum absolute atomic E-state index is 12.2. The lowest BCUT2D eigenvalue weighted by Gasteiger charge is -2.21. The first kappa shape index (κ1) is 15.1. The Morgan fingerprint density at radius 2 is 2.11 bits per heavy atom. The summed E-state index contributed by atoms with van der Waals surface area (Å²) in [6, 6.07) is 3.38. The Labute approximate surface area is 112 Å². The number of ether oxygens (including phenoxy) is 2. The summed E-state index contributed by atoms with van der Waals surface area (Å²) < 4.78 is 9.54. The van der Waals surface area contributed by atoms with Crippen LogP contribution in [0, 0.1) is 0 Å². The van der Waals surface area contributed by atoms with E-state index in [1.54, 1.807) is 30.3 Å². The predicted octanol–water partition coefficient (Wildman–Crippen LogP) is 0.733. The molecule has 0 spiro atoms. The average molecular weight is 266 g/mol. The van der Waals surface area contributed by atoms with Crippen LogP contribution < -0.4 is 0 Å². The molecule has 0 radical (unpaired) electrons. The molecule has 1 heterocycles. The molecule has 0 fully saturated rings. The summed E-state index contributed by atoms with van der Waals surface area (Å²) in [5, 5.41) is 0. The van der Waals surface area contributed by atoms with Gasteiger partial charge in [-0.1, -0.05) is 0 Å². The maximum Gasteiger partial charge on any atom is 0.307 e. The van der Waals surface area contributed by atoms with Crippen molar-refractivity contribution in [3.8, 4) is 0 Å². The molecule has 0 atom stereocenters. The van der Waals surface area contributed by atoms with E-state index in [1.807, 2.05) is 0 Å². The summed E-state index contributed by atoms with van der Waals surface area (Å²) >= 11 is 0. The standard InChI is InChI=1S/C13H18N2O4/c1-18-9-8-15(7-5-12(16)19-2)13(17)11-4-3-6-14-10-11/h3-4,6,10H,5,7-9H2,1-2H3. The third-order valence-corrected chi connectivity index (χ3v) is 2.57. The van der Waals surface area contributed by atoms with E-state index < -0.39 is 0 Å². The Bertz CT molecular complexity index is 408. The van der Waals surface area contributed by atoms with Crippen molar-refractivity contribution < 1.29 is 19.1 Å². The Kier molecular flexibility index (Phi) is 6.52. The van der Waals surface area contributed by atoms with Crippen molar-refractivity contribution in [1.29, 1.82) is 0 Å². The summed E-state index contributed by atoms with van der Waals surface area (Å²) in [5.74, 6) is -0.518. The first-order chi connectivity index (χ1) is 9.19. The number of methoxy groups -OCH3 is 2. The van der Waals surface area contributed by atoms with Crippen LogP contribution in [0.1, 0.15) is 16.8 Å². The number of nitrogens with zero attached hydrogens (tertiary/aromatic N) is 2. The van der Waals surface area contributed by atoms with E-state index >= 15 is 0 Å². The molecule has 0 aliphatic rings. The van der Waals surface area contributed by atoms with Gasteiger partial charge in [0.1, 0.15) is 0 Å². The first-order valence-electron chi connectivity index (χ1n) is 5.94. The third kappa shape index (κ3) is 5.05. The number of hydrogen-bond acceptors (Lipinski definition) is 5. The van der Waals surface area contributed by atoms with Crippen molar-refractivity contribution in [2.75, 3.05) is 33.9 Å². The van der Waals surface area contributed by atoms with Crippen molar-refractivity contribution in [3.05, 3.63) is 30.1 Å². The highest BCUT2D eigenvalue weighted by atomic mass is 16.5. The molecule has 6 heteroatoms. The van der Waals surface area contributed by atoms with Crippen LogP contribution in [0.5, 0.6) is 0 Å². The summed E-state index contributed by atoms with van der Waals surface area (Å²) in [6.07, 6.45) is 3.26. The van der Waals surface area contributed by atoms with E-state index in [2.05, 4.69) is 9.72 Å². The van der Waals surface area contributed by atoms with Gasteiger partial charge >= 0.3 is 5.97 Å². The topological polar surface area (TPSA) is 68.7 Å². The Morgan fingerprint density at radius 1 is 1.32 bits per heavy atom. The lowest BCUT2D eigenvalue weighted by Crippen LogP contribution is -2.35. The zero-order valence-electron chi connectivity index (χ0n) is 11.2. The molecule has 0 saturated heterocycles. The van der Waals surface area contributed by atoms with Crippen LogP contribution >= 0.6 is 0 Å². The molecule has 1 aromatic rings. The molecule has 0 aliphatic carbocycles. The van der Waals surface area contributed by atoms with Gasteiger partial charge in [0.05, 0.1) is 25.7 Å². The van der Waals surface area contributed by atoms with Crippen LogP contribution in [-0.2, 0) is 14.3 Å². The molecular formula is C13H18N2O4.